The number of hydrogen-bond acceptors (Lipinski definition) is 5. The van der Waals surface area contributed by atoms with Gasteiger partial charge in [0.2, 0.25) is 5.91 Å². The smallest absolute Gasteiger partial charge is 0.227 e. The number of carbonyl (C=O) groups excluding carboxylic acids is 1. The van der Waals surface area contributed by atoms with Crippen LogP contribution in [-0.2, 0) is 4.79 Å². The van der Waals surface area contributed by atoms with Crippen molar-refractivity contribution in [3.8, 4) is 0 Å². The number of aromatic amines is 1. The molecule has 1 unspecified atom stereocenters. The number of rotatable bonds is 3. The lowest BCUT2D eigenvalue weighted by atomic mass is 9.96. The zero-order valence-corrected chi connectivity index (χ0v) is 14.9. The maximum Gasteiger partial charge on any atom is 0.227 e. The Hall–Kier alpha value is -2.70. The van der Waals surface area contributed by atoms with Crippen LogP contribution in [0, 0.1) is 5.92 Å². The molecule has 1 amide bonds. The standard InChI is InChI=1S/C19H22N6O/c1-24(14-4-5-14)19(26)12-3-2-8-25(11-12)18-16-13(10-22-23-18)9-21-17-15(16)6-7-20-17/h6-7,9-10,12,14H,2-5,8,11H2,1H3,(H,20,21). The van der Waals surface area contributed by atoms with Crippen LogP contribution >= 0.6 is 0 Å². The number of fused-ring (bicyclic) bond motifs is 3. The van der Waals surface area contributed by atoms with Crippen LogP contribution in [0.4, 0.5) is 5.82 Å². The molecule has 1 N–H and O–H groups in total. The van der Waals surface area contributed by atoms with E-state index in [-0.39, 0.29) is 11.8 Å². The summed E-state index contributed by atoms with van der Waals surface area (Å²) < 4.78 is 0. The number of piperidine rings is 1. The number of carbonyl (C=O) groups is 1. The summed E-state index contributed by atoms with van der Waals surface area (Å²) in [6.45, 7) is 1.61. The Kier molecular flexibility index (Phi) is 3.55. The van der Waals surface area contributed by atoms with Crippen molar-refractivity contribution in [3.05, 3.63) is 24.7 Å². The van der Waals surface area contributed by atoms with Crippen molar-refractivity contribution in [1.82, 2.24) is 25.1 Å². The molecule has 1 aliphatic heterocycles. The van der Waals surface area contributed by atoms with Crippen LogP contribution in [-0.4, -0.2) is 57.2 Å². The van der Waals surface area contributed by atoms with Crippen molar-refractivity contribution in [2.75, 3.05) is 25.0 Å². The summed E-state index contributed by atoms with van der Waals surface area (Å²) in [6, 6.07) is 2.49. The monoisotopic (exact) mass is 350 g/mol. The Morgan fingerprint density at radius 1 is 1.31 bits per heavy atom. The first kappa shape index (κ1) is 15.5. The highest BCUT2D eigenvalue weighted by Crippen LogP contribution is 2.33. The number of amides is 1. The number of anilines is 1. The van der Waals surface area contributed by atoms with Gasteiger partial charge in [0.25, 0.3) is 0 Å². The first-order valence-electron chi connectivity index (χ1n) is 9.31. The summed E-state index contributed by atoms with van der Waals surface area (Å²) >= 11 is 0. The molecule has 1 saturated carbocycles. The van der Waals surface area contributed by atoms with E-state index in [9.17, 15) is 4.79 Å². The van der Waals surface area contributed by atoms with Crippen molar-refractivity contribution in [2.24, 2.45) is 5.92 Å². The molecule has 7 nitrogen and oxygen atoms in total. The highest BCUT2D eigenvalue weighted by atomic mass is 16.2. The molecular weight excluding hydrogens is 328 g/mol. The SMILES string of the molecule is CN(C(=O)C1CCCN(c2nncc3cnc4[nH]ccc4c23)C1)C1CC1. The van der Waals surface area contributed by atoms with E-state index in [2.05, 4.69) is 25.1 Å². The maximum atomic E-state index is 12.8. The fraction of sp³-hybridized carbons (Fsp3) is 0.474. The topological polar surface area (TPSA) is 78.0 Å². The molecule has 1 aliphatic carbocycles. The Morgan fingerprint density at radius 2 is 2.19 bits per heavy atom. The van der Waals surface area contributed by atoms with Crippen molar-refractivity contribution >= 4 is 33.5 Å². The zero-order chi connectivity index (χ0) is 17.7. The van der Waals surface area contributed by atoms with Gasteiger partial charge in [-0.3, -0.25) is 4.79 Å². The number of nitrogens with zero attached hydrogens (tertiary/aromatic N) is 5. The predicted molar refractivity (Wildman–Crippen MR) is 99.9 cm³/mol. The molecule has 2 fully saturated rings. The van der Waals surface area contributed by atoms with Gasteiger partial charge in [0.1, 0.15) is 5.65 Å². The van der Waals surface area contributed by atoms with Crippen LogP contribution in [0.5, 0.6) is 0 Å². The minimum Gasteiger partial charge on any atom is -0.354 e. The lowest BCUT2D eigenvalue weighted by Gasteiger charge is -2.35. The number of nitrogens with one attached hydrogen (secondary N) is 1. The van der Waals surface area contributed by atoms with Gasteiger partial charge in [-0.2, -0.15) is 5.10 Å². The minimum absolute atomic E-state index is 0.0370. The van der Waals surface area contributed by atoms with Crippen LogP contribution in [0.15, 0.2) is 24.7 Å². The van der Waals surface area contributed by atoms with E-state index in [1.165, 1.54) is 0 Å². The fourth-order valence-corrected chi connectivity index (χ4v) is 4.09. The third kappa shape index (κ3) is 2.50. The van der Waals surface area contributed by atoms with Gasteiger partial charge in [-0.1, -0.05) is 0 Å². The first-order valence-corrected chi connectivity index (χ1v) is 9.31. The fourth-order valence-electron chi connectivity index (χ4n) is 4.09. The first-order chi connectivity index (χ1) is 12.7. The predicted octanol–water partition coefficient (Wildman–Crippen LogP) is 2.34. The van der Waals surface area contributed by atoms with Gasteiger partial charge in [0.05, 0.1) is 12.1 Å². The summed E-state index contributed by atoms with van der Waals surface area (Å²) in [4.78, 5) is 24.6. The second-order valence-corrected chi connectivity index (χ2v) is 7.46. The van der Waals surface area contributed by atoms with Crippen LogP contribution in [0.1, 0.15) is 25.7 Å². The van der Waals surface area contributed by atoms with Gasteiger partial charge in [-0.05, 0) is 31.7 Å². The van der Waals surface area contributed by atoms with Crippen molar-refractivity contribution < 1.29 is 4.79 Å². The molecule has 0 aromatic carbocycles. The molecular formula is C19H22N6O. The number of aromatic nitrogens is 4. The van der Waals surface area contributed by atoms with E-state index in [1.807, 2.05) is 30.4 Å². The molecule has 7 heteroatoms. The van der Waals surface area contributed by atoms with Crippen LogP contribution in [0.2, 0.25) is 0 Å². The average Bonchev–Trinajstić information content (AvgIpc) is 3.43. The van der Waals surface area contributed by atoms with Gasteiger partial charge >= 0.3 is 0 Å². The molecule has 0 bridgehead atoms. The third-order valence-electron chi connectivity index (χ3n) is 5.70. The van der Waals surface area contributed by atoms with E-state index < -0.39 is 0 Å². The van der Waals surface area contributed by atoms with Crippen molar-refractivity contribution in [3.63, 3.8) is 0 Å². The Labute approximate surface area is 151 Å². The Morgan fingerprint density at radius 3 is 3.04 bits per heavy atom. The molecule has 0 spiro atoms. The van der Waals surface area contributed by atoms with Gasteiger partial charge in [0, 0.05) is 54.7 Å². The minimum atomic E-state index is 0.0370. The highest BCUT2D eigenvalue weighted by molar-refractivity contribution is 6.10. The molecule has 0 radical (unpaired) electrons. The summed E-state index contributed by atoms with van der Waals surface area (Å²) in [6.07, 6.45) is 9.72. The van der Waals surface area contributed by atoms with Crippen LogP contribution in [0.3, 0.4) is 0 Å². The molecule has 2 aliphatic rings. The Bertz CT molecular complexity index is 978. The molecule has 3 aromatic rings. The summed E-state index contributed by atoms with van der Waals surface area (Å²) in [5.41, 5.74) is 0.852. The van der Waals surface area contributed by atoms with Gasteiger partial charge in [-0.15, -0.1) is 5.10 Å². The molecule has 134 valence electrons. The second kappa shape index (κ2) is 5.93. The molecule has 4 heterocycles. The largest absolute Gasteiger partial charge is 0.354 e. The molecule has 1 saturated heterocycles. The summed E-state index contributed by atoms with van der Waals surface area (Å²) in [5.74, 6) is 1.18. The number of hydrogen-bond donors (Lipinski definition) is 1. The average molecular weight is 350 g/mol. The number of H-pyrrole nitrogens is 1. The Balaban J connectivity index is 1.51. The lowest BCUT2D eigenvalue weighted by Crippen LogP contribution is -2.44. The summed E-state index contributed by atoms with van der Waals surface area (Å²) in [5, 5.41) is 11.7. The van der Waals surface area contributed by atoms with Crippen molar-refractivity contribution in [2.45, 2.75) is 31.7 Å². The van der Waals surface area contributed by atoms with E-state index in [0.29, 0.717) is 12.6 Å². The quantitative estimate of drug-likeness (QED) is 0.784. The molecule has 1 atom stereocenters. The lowest BCUT2D eigenvalue weighted by molar-refractivity contribution is -0.134. The second-order valence-electron chi connectivity index (χ2n) is 7.46. The van der Waals surface area contributed by atoms with Crippen LogP contribution < -0.4 is 4.90 Å². The van der Waals surface area contributed by atoms with Gasteiger partial charge in [0.15, 0.2) is 5.82 Å². The maximum absolute atomic E-state index is 12.8. The van der Waals surface area contributed by atoms with Gasteiger partial charge in [-0.25, -0.2) is 4.98 Å². The molecule has 3 aromatic heterocycles. The molecule has 5 rings (SSSR count). The van der Waals surface area contributed by atoms with Gasteiger partial charge < -0.3 is 14.8 Å². The zero-order valence-electron chi connectivity index (χ0n) is 14.9. The van der Waals surface area contributed by atoms with E-state index >= 15 is 0 Å². The van der Waals surface area contributed by atoms with Crippen molar-refractivity contribution in [1.29, 1.82) is 0 Å². The van der Waals surface area contributed by atoms with E-state index in [0.717, 1.165) is 59.9 Å². The normalized spacial score (nSPS) is 20.7. The van der Waals surface area contributed by atoms with E-state index in [1.54, 1.807) is 6.20 Å². The van der Waals surface area contributed by atoms with E-state index in [4.69, 9.17) is 0 Å². The number of pyridine rings is 1. The highest BCUT2D eigenvalue weighted by Gasteiger charge is 2.35. The third-order valence-corrected chi connectivity index (χ3v) is 5.70. The van der Waals surface area contributed by atoms with Crippen LogP contribution in [0.25, 0.3) is 21.8 Å². The molecule has 26 heavy (non-hydrogen) atoms. The summed E-state index contributed by atoms with van der Waals surface area (Å²) in [7, 11) is 1.95.